The van der Waals surface area contributed by atoms with Crippen LogP contribution in [0.15, 0.2) is 18.2 Å². The Morgan fingerprint density at radius 1 is 1.12 bits per heavy atom. The molecule has 0 radical (unpaired) electrons. The number of methoxy groups -OCH3 is 1. The molecule has 4 aliphatic carbocycles. The van der Waals surface area contributed by atoms with E-state index in [1.807, 2.05) is 0 Å². The van der Waals surface area contributed by atoms with Crippen molar-refractivity contribution >= 4 is 11.9 Å². The van der Waals surface area contributed by atoms with E-state index in [0.717, 1.165) is 11.8 Å². The summed E-state index contributed by atoms with van der Waals surface area (Å²) >= 11 is 0. The average Bonchev–Trinajstić information content (AvgIpc) is 2.62. The number of carbonyl (C=O) groups excluding carboxylic acids is 2. The number of phenolic OH excluding ortho intramolecular Hbond substituents is 1. The first-order valence-electron chi connectivity index (χ1n) is 9.37. The molecule has 1 aromatic carbocycles. The van der Waals surface area contributed by atoms with Gasteiger partial charge in [0, 0.05) is 6.04 Å². The molecule has 6 heteroatoms. The minimum atomic E-state index is -0.735. The van der Waals surface area contributed by atoms with Gasteiger partial charge in [0.1, 0.15) is 17.1 Å². The number of aromatic hydroxyl groups is 1. The normalized spacial score (nSPS) is 31.5. The number of hydrogen-bond donors (Lipinski definition) is 2. The van der Waals surface area contributed by atoms with Crippen molar-refractivity contribution in [2.75, 3.05) is 13.7 Å². The summed E-state index contributed by atoms with van der Waals surface area (Å²) in [5.74, 6) is 2.09. The molecule has 4 aliphatic rings. The second-order valence-corrected chi connectivity index (χ2v) is 7.98. The summed E-state index contributed by atoms with van der Waals surface area (Å²) in [6.07, 6.45) is 6.24. The lowest BCUT2D eigenvalue weighted by Gasteiger charge is -2.54. The number of carbonyl (C=O) groups is 2. The van der Waals surface area contributed by atoms with Gasteiger partial charge < -0.3 is 19.9 Å². The largest absolute Gasteiger partial charge is 0.507 e. The van der Waals surface area contributed by atoms with Gasteiger partial charge in [0.05, 0.1) is 7.11 Å². The fourth-order valence-corrected chi connectivity index (χ4v) is 5.40. The number of ether oxygens (including phenoxy) is 2. The van der Waals surface area contributed by atoms with Crippen LogP contribution in [0.4, 0.5) is 0 Å². The molecule has 2 N–H and O–H groups in total. The molecular weight excluding hydrogens is 334 g/mol. The van der Waals surface area contributed by atoms with E-state index in [-0.39, 0.29) is 29.9 Å². The molecule has 140 valence electrons. The van der Waals surface area contributed by atoms with Crippen molar-refractivity contribution in [3.63, 3.8) is 0 Å². The van der Waals surface area contributed by atoms with Gasteiger partial charge in [-0.3, -0.25) is 4.79 Å². The quantitative estimate of drug-likeness (QED) is 0.789. The third-order valence-corrected chi connectivity index (χ3v) is 6.31. The summed E-state index contributed by atoms with van der Waals surface area (Å²) in [6.45, 7) is -0.335. The zero-order valence-corrected chi connectivity index (χ0v) is 14.9. The number of rotatable bonds is 5. The molecule has 4 fully saturated rings. The van der Waals surface area contributed by atoms with Gasteiger partial charge in [0.2, 0.25) is 0 Å². The van der Waals surface area contributed by atoms with Crippen LogP contribution in [0.3, 0.4) is 0 Å². The van der Waals surface area contributed by atoms with E-state index in [1.165, 1.54) is 51.3 Å². The maximum atomic E-state index is 12.3. The Morgan fingerprint density at radius 3 is 2.38 bits per heavy atom. The lowest BCUT2D eigenvalue weighted by Crippen LogP contribution is -2.56. The number of nitrogens with one attached hydrogen (secondary N) is 1. The van der Waals surface area contributed by atoms with Crippen LogP contribution in [-0.2, 0) is 9.53 Å². The Morgan fingerprint density at radius 2 is 1.77 bits per heavy atom. The van der Waals surface area contributed by atoms with Gasteiger partial charge in [0.25, 0.3) is 5.91 Å². The Bertz CT molecular complexity index is 688. The lowest BCUT2D eigenvalue weighted by atomic mass is 9.54. The number of esters is 1. The molecule has 0 aliphatic heterocycles. The second kappa shape index (κ2) is 6.82. The summed E-state index contributed by atoms with van der Waals surface area (Å²) in [5, 5.41) is 12.9. The molecule has 0 aromatic heterocycles. The SMILES string of the molecule is COc1ccc(O)c(C(=O)OCC(=O)NC2C3CC4CC(C3)CC2C4)c1. The Balaban J connectivity index is 1.32. The molecule has 0 saturated heterocycles. The molecule has 26 heavy (non-hydrogen) atoms. The molecule has 6 nitrogen and oxygen atoms in total. The van der Waals surface area contributed by atoms with Crippen molar-refractivity contribution in [3.05, 3.63) is 23.8 Å². The minimum Gasteiger partial charge on any atom is -0.507 e. The van der Waals surface area contributed by atoms with Gasteiger partial charge in [-0.2, -0.15) is 0 Å². The van der Waals surface area contributed by atoms with Crippen molar-refractivity contribution in [2.24, 2.45) is 23.7 Å². The predicted molar refractivity (Wildman–Crippen MR) is 93.9 cm³/mol. The Kier molecular flexibility index (Phi) is 4.51. The summed E-state index contributed by atoms with van der Waals surface area (Å²) in [4.78, 5) is 24.5. The molecule has 1 amide bonds. The van der Waals surface area contributed by atoms with Crippen LogP contribution in [0.2, 0.25) is 0 Å². The molecule has 0 heterocycles. The third-order valence-electron chi connectivity index (χ3n) is 6.31. The maximum absolute atomic E-state index is 12.3. The Labute approximate surface area is 152 Å². The highest BCUT2D eigenvalue weighted by atomic mass is 16.5. The van der Waals surface area contributed by atoms with E-state index in [1.54, 1.807) is 6.07 Å². The molecule has 0 unspecified atom stereocenters. The average molecular weight is 359 g/mol. The van der Waals surface area contributed by atoms with Crippen LogP contribution in [0.25, 0.3) is 0 Å². The smallest absolute Gasteiger partial charge is 0.342 e. The highest BCUT2D eigenvalue weighted by molar-refractivity contribution is 5.94. The van der Waals surface area contributed by atoms with Crippen molar-refractivity contribution in [1.82, 2.24) is 5.32 Å². The third kappa shape index (κ3) is 3.24. The van der Waals surface area contributed by atoms with Crippen molar-refractivity contribution in [1.29, 1.82) is 0 Å². The maximum Gasteiger partial charge on any atom is 0.342 e. The fourth-order valence-electron chi connectivity index (χ4n) is 5.40. The monoisotopic (exact) mass is 359 g/mol. The zero-order chi connectivity index (χ0) is 18.3. The molecule has 4 saturated carbocycles. The van der Waals surface area contributed by atoms with E-state index in [9.17, 15) is 14.7 Å². The van der Waals surface area contributed by atoms with Crippen LogP contribution < -0.4 is 10.1 Å². The van der Waals surface area contributed by atoms with E-state index in [0.29, 0.717) is 17.6 Å². The molecule has 1 aromatic rings. The first kappa shape index (κ1) is 17.2. The van der Waals surface area contributed by atoms with Gasteiger partial charge in [-0.25, -0.2) is 4.79 Å². The summed E-state index contributed by atoms with van der Waals surface area (Å²) in [6, 6.07) is 4.53. The van der Waals surface area contributed by atoms with Crippen molar-refractivity contribution < 1.29 is 24.2 Å². The summed E-state index contributed by atoms with van der Waals surface area (Å²) in [7, 11) is 1.47. The first-order valence-corrected chi connectivity index (χ1v) is 9.37. The lowest BCUT2D eigenvalue weighted by molar-refractivity contribution is -0.128. The minimum absolute atomic E-state index is 0.00762. The number of amides is 1. The van der Waals surface area contributed by atoms with E-state index < -0.39 is 5.97 Å². The highest BCUT2D eigenvalue weighted by Crippen LogP contribution is 2.53. The van der Waals surface area contributed by atoms with Crippen molar-refractivity contribution in [3.8, 4) is 11.5 Å². The van der Waals surface area contributed by atoms with Crippen LogP contribution >= 0.6 is 0 Å². The number of phenols is 1. The standard InChI is InChI=1S/C20H25NO5/c1-25-15-2-3-17(22)16(9-15)20(24)26-10-18(23)21-19-13-5-11-4-12(7-13)8-14(19)6-11/h2-3,9,11-14,19,22H,4-8,10H2,1H3,(H,21,23). The molecular formula is C20H25NO5. The van der Waals surface area contributed by atoms with Crippen LogP contribution in [0, 0.1) is 23.7 Å². The van der Waals surface area contributed by atoms with Crippen molar-refractivity contribution in [2.45, 2.75) is 38.1 Å². The van der Waals surface area contributed by atoms with Crippen LogP contribution in [-0.4, -0.2) is 36.7 Å². The van der Waals surface area contributed by atoms with Gasteiger partial charge >= 0.3 is 5.97 Å². The topological polar surface area (TPSA) is 84.9 Å². The predicted octanol–water partition coefficient (Wildman–Crippen LogP) is 2.50. The molecule has 4 bridgehead atoms. The first-order chi connectivity index (χ1) is 12.5. The van der Waals surface area contributed by atoms with Crippen LogP contribution in [0.5, 0.6) is 11.5 Å². The summed E-state index contributed by atoms with van der Waals surface area (Å²) < 4.78 is 10.1. The van der Waals surface area contributed by atoms with E-state index in [4.69, 9.17) is 9.47 Å². The second-order valence-electron chi connectivity index (χ2n) is 7.98. The zero-order valence-electron chi connectivity index (χ0n) is 14.9. The van der Waals surface area contributed by atoms with E-state index >= 15 is 0 Å². The Hall–Kier alpha value is -2.24. The van der Waals surface area contributed by atoms with Crippen LogP contribution in [0.1, 0.15) is 42.5 Å². The fraction of sp³-hybridized carbons (Fsp3) is 0.600. The molecule has 5 rings (SSSR count). The van der Waals surface area contributed by atoms with Gasteiger partial charge in [-0.05, 0) is 74.0 Å². The number of hydrogen-bond acceptors (Lipinski definition) is 5. The van der Waals surface area contributed by atoms with E-state index in [2.05, 4.69) is 5.32 Å². The van der Waals surface area contributed by atoms with Gasteiger partial charge in [-0.15, -0.1) is 0 Å². The number of benzene rings is 1. The molecule has 0 atom stereocenters. The van der Waals surface area contributed by atoms with Gasteiger partial charge in [-0.1, -0.05) is 0 Å². The highest BCUT2D eigenvalue weighted by Gasteiger charge is 2.48. The molecule has 0 spiro atoms. The summed E-state index contributed by atoms with van der Waals surface area (Å²) in [5.41, 5.74) is -0.00762. The van der Waals surface area contributed by atoms with Gasteiger partial charge in [0.15, 0.2) is 6.61 Å².